The monoisotopic (exact) mass is 425 g/mol. The summed E-state index contributed by atoms with van der Waals surface area (Å²) in [6, 6.07) is 16.9. The molecule has 0 atom stereocenters. The van der Waals surface area contributed by atoms with Gasteiger partial charge in [-0.15, -0.1) is 11.8 Å². The summed E-state index contributed by atoms with van der Waals surface area (Å²) < 4.78 is 16.0. The van der Waals surface area contributed by atoms with Crippen molar-refractivity contribution in [2.45, 2.75) is 22.5 Å². The Bertz CT molecular complexity index is 1090. The Morgan fingerprint density at radius 3 is 2.63 bits per heavy atom. The van der Waals surface area contributed by atoms with Gasteiger partial charge in [0.15, 0.2) is 11.3 Å². The van der Waals surface area contributed by atoms with Crippen molar-refractivity contribution < 1.29 is 18.7 Å². The number of hydrogen-bond acceptors (Lipinski definition) is 6. The van der Waals surface area contributed by atoms with Crippen LogP contribution in [0, 0.1) is 0 Å². The van der Waals surface area contributed by atoms with E-state index in [1.54, 1.807) is 36.0 Å². The molecule has 1 aliphatic rings. The zero-order valence-corrected chi connectivity index (χ0v) is 17.5. The first-order valence-corrected chi connectivity index (χ1v) is 10.6. The minimum atomic E-state index is -0.679. The fraction of sp³-hybridized carbons (Fsp3) is 0.304. The van der Waals surface area contributed by atoms with Crippen LogP contribution in [0.3, 0.4) is 0 Å². The zero-order chi connectivity index (χ0) is 21.0. The molecule has 1 N–H and O–H groups in total. The number of benzene rings is 2. The highest BCUT2D eigenvalue weighted by Crippen LogP contribution is 2.40. The van der Waals surface area contributed by atoms with Crippen LogP contribution in [-0.4, -0.2) is 37.5 Å². The van der Waals surface area contributed by atoms with E-state index in [1.165, 1.54) is 7.11 Å². The molecule has 2 aromatic carbocycles. The molecule has 1 saturated heterocycles. The average molecular weight is 426 g/mol. The lowest BCUT2D eigenvalue weighted by atomic mass is 9.99. The third-order valence-corrected chi connectivity index (χ3v) is 6.73. The average Bonchev–Trinajstić information content (AvgIpc) is 2.78. The number of fused-ring (bicyclic) bond motifs is 1. The lowest BCUT2D eigenvalue weighted by molar-refractivity contribution is 0.0740. The highest BCUT2D eigenvalue weighted by atomic mass is 32.2. The van der Waals surface area contributed by atoms with Crippen LogP contribution >= 0.6 is 11.8 Å². The second kappa shape index (κ2) is 8.93. The van der Waals surface area contributed by atoms with Gasteiger partial charge in [-0.1, -0.05) is 30.3 Å². The summed E-state index contributed by atoms with van der Waals surface area (Å²) in [5.74, 6) is 0.0185. The first-order chi connectivity index (χ1) is 14.6. The first kappa shape index (κ1) is 20.5. The second-order valence-electron chi connectivity index (χ2n) is 7.22. The number of nitrogens with one attached hydrogen (secondary N) is 1. The van der Waals surface area contributed by atoms with Crippen LogP contribution in [0.2, 0.25) is 0 Å². The molecule has 7 heteroatoms. The van der Waals surface area contributed by atoms with Gasteiger partial charge in [0.05, 0.1) is 7.11 Å². The number of rotatable bonds is 6. The SMILES string of the molecule is COc1cccc2cc(C(=O)NCC3(Sc4ccccc4)CCOCC3)c(=O)oc12. The summed E-state index contributed by atoms with van der Waals surface area (Å²) in [6.45, 7) is 1.73. The van der Waals surface area contributed by atoms with Crippen molar-refractivity contribution in [1.29, 1.82) is 0 Å². The molecule has 0 radical (unpaired) electrons. The van der Waals surface area contributed by atoms with Gasteiger partial charge >= 0.3 is 5.63 Å². The molecule has 0 spiro atoms. The lowest BCUT2D eigenvalue weighted by Gasteiger charge is -2.36. The van der Waals surface area contributed by atoms with Crippen LogP contribution in [-0.2, 0) is 4.74 Å². The van der Waals surface area contributed by atoms with E-state index in [1.807, 2.05) is 18.2 Å². The molecule has 0 unspecified atom stereocenters. The molecule has 4 rings (SSSR count). The summed E-state index contributed by atoms with van der Waals surface area (Å²) in [7, 11) is 1.51. The number of thioether (sulfide) groups is 1. The van der Waals surface area contributed by atoms with Gasteiger partial charge in [0.25, 0.3) is 5.91 Å². The smallest absolute Gasteiger partial charge is 0.349 e. The Labute approximate surface area is 178 Å². The van der Waals surface area contributed by atoms with Gasteiger partial charge in [-0.2, -0.15) is 0 Å². The fourth-order valence-electron chi connectivity index (χ4n) is 3.57. The molecule has 0 bridgehead atoms. The maximum absolute atomic E-state index is 12.9. The minimum Gasteiger partial charge on any atom is -0.493 e. The van der Waals surface area contributed by atoms with Crippen LogP contribution in [0.5, 0.6) is 5.75 Å². The van der Waals surface area contributed by atoms with Gasteiger partial charge in [-0.3, -0.25) is 4.79 Å². The molecule has 3 aromatic rings. The third-order valence-electron chi connectivity index (χ3n) is 5.24. The Hall–Kier alpha value is -2.77. The van der Waals surface area contributed by atoms with Crippen molar-refractivity contribution in [3.05, 3.63) is 70.6 Å². The molecule has 6 nitrogen and oxygen atoms in total. The highest BCUT2D eigenvalue weighted by molar-refractivity contribution is 8.00. The van der Waals surface area contributed by atoms with E-state index in [4.69, 9.17) is 13.9 Å². The Kier molecular flexibility index (Phi) is 6.11. The van der Waals surface area contributed by atoms with Crippen molar-refractivity contribution in [3.8, 4) is 5.75 Å². The van der Waals surface area contributed by atoms with Crippen molar-refractivity contribution >= 4 is 28.6 Å². The molecule has 0 aliphatic carbocycles. The Morgan fingerprint density at radius 2 is 1.90 bits per heavy atom. The maximum atomic E-state index is 12.9. The van der Waals surface area contributed by atoms with E-state index in [2.05, 4.69) is 17.4 Å². The van der Waals surface area contributed by atoms with E-state index in [9.17, 15) is 9.59 Å². The van der Waals surface area contributed by atoms with Crippen LogP contribution < -0.4 is 15.7 Å². The summed E-state index contributed by atoms with van der Waals surface area (Å²) in [5.41, 5.74) is -0.356. The second-order valence-corrected chi connectivity index (χ2v) is 8.76. The number of methoxy groups -OCH3 is 1. The van der Waals surface area contributed by atoms with Crippen LogP contribution in [0.15, 0.2) is 68.7 Å². The number of para-hydroxylation sites is 1. The molecule has 2 heterocycles. The quantitative estimate of drug-likeness (QED) is 0.604. The Morgan fingerprint density at radius 1 is 1.13 bits per heavy atom. The molecule has 1 amide bonds. The summed E-state index contributed by atoms with van der Waals surface area (Å²) >= 11 is 1.75. The third kappa shape index (κ3) is 4.37. The Balaban J connectivity index is 1.55. The van der Waals surface area contributed by atoms with Crippen LogP contribution in [0.1, 0.15) is 23.2 Å². The zero-order valence-electron chi connectivity index (χ0n) is 16.7. The summed E-state index contributed by atoms with van der Waals surface area (Å²) in [6.07, 6.45) is 1.63. The van der Waals surface area contributed by atoms with Gasteiger partial charge in [-0.05, 0) is 37.1 Å². The molecular formula is C23H23NO5S. The summed E-state index contributed by atoms with van der Waals surface area (Å²) in [5, 5.41) is 3.59. The van der Waals surface area contributed by atoms with Gasteiger partial charge in [0.2, 0.25) is 0 Å². The van der Waals surface area contributed by atoms with Crippen LogP contribution in [0.25, 0.3) is 11.0 Å². The molecular weight excluding hydrogens is 402 g/mol. The van der Waals surface area contributed by atoms with Crippen molar-refractivity contribution in [1.82, 2.24) is 5.32 Å². The minimum absolute atomic E-state index is 0.0114. The molecule has 1 fully saturated rings. The molecule has 0 saturated carbocycles. The standard InChI is InChI=1S/C23H23NO5S/c1-27-19-9-5-6-16-14-18(22(26)29-20(16)19)21(25)24-15-23(10-12-28-13-11-23)30-17-7-3-2-4-8-17/h2-9,14H,10-13,15H2,1H3,(H,24,25). The fourth-order valence-corrected chi connectivity index (χ4v) is 4.88. The summed E-state index contributed by atoms with van der Waals surface area (Å²) in [4.78, 5) is 26.5. The van der Waals surface area contributed by atoms with E-state index in [0.29, 0.717) is 36.5 Å². The van der Waals surface area contributed by atoms with Crippen LogP contribution in [0.4, 0.5) is 0 Å². The lowest BCUT2D eigenvalue weighted by Crippen LogP contribution is -2.45. The van der Waals surface area contributed by atoms with Gasteiger partial charge in [0, 0.05) is 34.8 Å². The molecule has 156 valence electrons. The van der Waals surface area contributed by atoms with E-state index < -0.39 is 11.5 Å². The molecule has 30 heavy (non-hydrogen) atoms. The van der Waals surface area contributed by atoms with Crippen molar-refractivity contribution in [2.24, 2.45) is 0 Å². The largest absolute Gasteiger partial charge is 0.493 e. The highest BCUT2D eigenvalue weighted by Gasteiger charge is 2.34. The predicted octanol–water partition coefficient (Wildman–Crippen LogP) is 3.87. The van der Waals surface area contributed by atoms with E-state index in [0.717, 1.165) is 17.7 Å². The number of amides is 1. The number of carbonyl (C=O) groups excluding carboxylic acids is 1. The van der Waals surface area contributed by atoms with Gasteiger partial charge < -0.3 is 19.2 Å². The topological polar surface area (TPSA) is 77.8 Å². The van der Waals surface area contributed by atoms with E-state index >= 15 is 0 Å². The van der Waals surface area contributed by atoms with Gasteiger partial charge in [-0.25, -0.2) is 4.79 Å². The molecule has 1 aliphatic heterocycles. The van der Waals surface area contributed by atoms with Crippen molar-refractivity contribution in [3.63, 3.8) is 0 Å². The van der Waals surface area contributed by atoms with Gasteiger partial charge in [0.1, 0.15) is 5.56 Å². The maximum Gasteiger partial charge on any atom is 0.349 e. The number of ether oxygens (including phenoxy) is 2. The van der Waals surface area contributed by atoms with E-state index in [-0.39, 0.29) is 10.3 Å². The number of hydrogen-bond donors (Lipinski definition) is 1. The number of carbonyl (C=O) groups is 1. The predicted molar refractivity (Wildman–Crippen MR) is 116 cm³/mol. The first-order valence-electron chi connectivity index (χ1n) is 9.81. The normalized spacial score (nSPS) is 15.6. The van der Waals surface area contributed by atoms with Crippen molar-refractivity contribution in [2.75, 3.05) is 26.9 Å². The molecule has 1 aromatic heterocycles.